The highest BCUT2D eigenvalue weighted by Gasteiger charge is 2.43. The second kappa shape index (κ2) is 4.91. The number of fused-ring (bicyclic) bond motifs is 1. The number of carbonyl (C=O) groups excluding carboxylic acids is 2. The third kappa shape index (κ3) is 2.44. The van der Waals surface area contributed by atoms with Gasteiger partial charge in [0.05, 0.1) is 11.3 Å². The molecule has 4 rings (SSSR count). The maximum atomic E-state index is 13.5. The van der Waals surface area contributed by atoms with Crippen LogP contribution in [0.4, 0.5) is 14.5 Å². The molecule has 0 radical (unpaired) electrons. The zero-order chi connectivity index (χ0) is 16.2. The fourth-order valence-corrected chi connectivity index (χ4v) is 3.36. The van der Waals surface area contributed by atoms with Crippen molar-refractivity contribution in [2.45, 2.75) is 31.3 Å². The fraction of sp³-hybridized carbons (Fsp3) is 0.500. The third-order valence-corrected chi connectivity index (χ3v) is 4.89. The molecule has 1 saturated heterocycles. The lowest BCUT2D eigenvalue weighted by atomic mass is 9.92. The van der Waals surface area contributed by atoms with E-state index in [0.29, 0.717) is 31.6 Å². The number of piperidine rings is 1. The number of likely N-dealkylation sites (tertiary alicyclic amines) is 1. The Labute approximate surface area is 132 Å². The van der Waals surface area contributed by atoms with E-state index in [1.54, 1.807) is 0 Å². The van der Waals surface area contributed by atoms with Gasteiger partial charge in [0.25, 0.3) is 5.91 Å². The van der Waals surface area contributed by atoms with Gasteiger partial charge in [-0.1, -0.05) is 0 Å². The molecule has 0 unspecified atom stereocenters. The highest BCUT2D eigenvalue weighted by molar-refractivity contribution is 6.02. The van der Waals surface area contributed by atoms with E-state index in [9.17, 15) is 18.4 Å². The van der Waals surface area contributed by atoms with Crippen molar-refractivity contribution in [3.8, 4) is 0 Å². The molecule has 1 aromatic rings. The van der Waals surface area contributed by atoms with Crippen molar-refractivity contribution >= 4 is 17.5 Å². The van der Waals surface area contributed by atoms with E-state index in [4.69, 9.17) is 0 Å². The number of hydrogen-bond donors (Lipinski definition) is 2. The average Bonchev–Trinajstić information content (AvgIpc) is 3.34. The van der Waals surface area contributed by atoms with Crippen LogP contribution in [-0.4, -0.2) is 35.5 Å². The highest BCUT2D eigenvalue weighted by atomic mass is 19.2. The lowest BCUT2D eigenvalue weighted by Gasteiger charge is -2.46. The minimum absolute atomic E-state index is 0.103. The Hall–Kier alpha value is -2.18. The predicted molar refractivity (Wildman–Crippen MR) is 78.7 cm³/mol. The van der Waals surface area contributed by atoms with Crippen molar-refractivity contribution in [2.24, 2.45) is 5.92 Å². The molecule has 3 aliphatic rings. The molecule has 23 heavy (non-hydrogen) atoms. The van der Waals surface area contributed by atoms with Gasteiger partial charge in [-0.3, -0.25) is 9.59 Å². The second-order valence-corrected chi connectivity index (χ2v) is 6.57. The van der Waals surface area contributed by atoms with E-state index in [2.05, 4.69) is 10.6 Å². The van der Waals surface area contributed by atoms with Crippen molar-refractivity contribution in [1.82, 2.24) is 10.2 Å². The van der Waals surface area contributed by atoms with E-state index in [1.807, 2.05) is 4.90 Å². The van der Waals surface area contributed by atoms with E-state index in [-0.39, 0.29) is 17.4 Å². The summed E-state index contributed by atoms with van der Waals surface area (Å²) in [5.74, 6) is -2.07. The topological polar surface area (TPSA) is 61.4 Å². The first-order chi connectivity index (χ1) is 11.0. The van der Waals surface area contributed by atoms with Crippen LogP contribution >= 0.6 is 0 Å². The summed E-state index contributed by atoms with van der Waals surface area (Å²) in [6.45, 7) is 1.09. The first-order valence-electron chi connectivity index (χ1n) is 7.86. The first-order valence-corrected chi connectivity index (χ1v) is 7.86. The molecule has 1 aromatic carbocycles. The van der Waals surface area contributed by atoms with Crippen molar-refractivity contribution < 1.29 is 18.4 Å². The van der Waals surface area contributed by atoms with Gasteiger partial charge in [0.15, 0.2) is 11.6 Å². The van der Waals surface area contributed by atoms with Crippen molar-refractivity contribution in [2.75, 3.05) is 18.4 Å². The molecular formula is C16H17F2N3O2. The molecule has 2 fully saturated rings. The van der Waals surface area contributed by atoms with Gasteiger partial charge in [-0.15, -0.1) is 0 Å². The first kappa shape index (κ1) is 14.4. The van der Waals surface area contributed by atoms with Crippen LogP contribution in [0, 0.1) is 17.6 Å². The SMILES string of the molecule is O=C1NC2(CCN(C(=O)C3CC3)CC2)Nc2cc(F)c(F)cc21. The number of benzene rings is 1. The highest BCUT2D eigenvalue weighted by Crippen LogP contribution is 2.35. The molecule has 0 atom stereocenters. The normalized spacial score (nSPS) is 22.3. The second-order valence-electron chi connectivity index (χ2n) is 6.57. The summed E-state index contributed by atoms with van der Waals surface area (Å²) in [4.78, 5) is 26.2. The van der Waals surface area contributed by atoms with E-state index < -0.39 is 23.2 Å². The number of hydrogen-bond acceptors (Lipinski definition) is 3. The maximum absolute atomic E-state index is 13.5. The molecule has 2 amide bonds. The van der Waals surface area contributed by atoms with E-state index in [1.165, 1.54) is 0 Å². The predicted octanol–water partition coefficient (Wildman–Crippen LogP) is 1.85. The van der Waals surface area contributed by atoms with Gasteiger partial charge in [0.2, 0.25) is 5.91 Å². The Morgan fingerprint density at radius 2 is 1.78 bits per heavy atom. The summed E-state index contributed by atoms with van der Waals surface area (Å²) in [6.07, 6.45) is 3.01. The van der Waals surface area contributed by atoms with Crippen LogP contribution in [0.25, 0.3) is 0 Å². The molecule has 1 spiro atoms. The Bertz CT molecular complexity index is 695. The van der Waals surface area contributed by atoms with E-state index >= 15 is 0 Å². The molecule has 0 bridgehead atoms. The molecule has 2 heterocycles. The van der Waals surface area contributed by atoms with Crippen LogP contribution in [-0.2, 0) is 4.79 Å². The van der Waals surface area contributed by atoms with Crippen LogP contribution < -0.4 is 10.6 Å². The number of anilines is 1. The lowest BCUT2D eigenvalue weighted by molar-refractivity contribution is -0.134. The fourth-order valence-electron chi connectivity index (χ4n) is 3.36. The van der Waals surface area contributed by atoms with Gasteiger partial charge >= 0.3 is 0 Å². The molecule has 2 N–H and O–H groups in total. The number of amides is 2. The molecule has 7 heteroatoms. The molecule has 1 saturated carbocycles. The van der Waals surface area contributed by atoms with Gasteiger partial charge in [0, 0.05) is 37.9 Å². The van der Waals surface area contributed by atoms with Crippen molar-refractivity contribution in [1.29, 1.82) is 0 Å². The molecule has 0 aromatic heterocycles. The summed E-state index contributed by atoms with van der Waals surface area (Å²) < 4.78 is 26.8. The number of rotatable bonds is 1. The molecule has 2 aliphatic heterocycles. The molecule has 1 aliphatic carbocycles. The minimum Gasteiger partial charge on any atom is -0.362 e. The summed E-state index contributed by atoms with van der Waals surface area (Å²) in [5.41, 5.74) is -0.296. The summed E-state index contributed by atoms with van der Waals surface area (Å²) in [5, 5.41) is 6.00. The molecular weight excluding hydrogens is 304 g/mol. The van der Waals surface area contributed by atoms with Gasteiger partial charge in [-0.2, -0.15) is 0 Å². The van der Waals surface area contributed by atoms with Crippen molar-refractivity contribution in [3.63, 3.8) is 0 Å². The van der Waals surface area contributed by atoms with E-state index in [0.717, 1.165) is 25.0 Å². The summed E-state index contributed by atoms with van der Waals surface area (Å²) >= 11 is 0. The average molecular weight is 321 g/mol. The zero-order valence-corrected chi connectivity index (χ0v) is 12.5. The van der Waals surface area contributed by atoms with Gasteiger partial charge in [0.1, 0.15) is 5.66 Å². The van der Waals surface area contributed by atoms with Crippen LogP contribution in [0.15, 0.2) is 12.1 Å². The van der Waals surface area contributed by atoms with Gasteiger partial charge in [-0.05, 0) is 18.9 Å². The minimum atomic E-state index is -1.04. The van der Waals surface area contributed by atoms with Crippen LogP contribution in [0.3, 0.4) is 0 Å². The summed E-state index contributed by atoms with van der Waals surface area (Å²) in [6, 6.07) is 1.93. The molecule has 5 nitrogen and oxygen atoms in total. The smallest absolute Gasteiger partial charge is 0.255 e. The Morgan fingerprint density at radius 1 is 1.13 bits per heavy atom. The Kier molecular flexibility index (Phi) is 3.08. The Balaban J connectivity index is 1.53. The Morgan fingerprint density at radius 3 is 2.43 bits per heavy atom. The number of nitrogens with one attached hydrogen (secondary N) is 2. The number of halogens is 2. The zero-order valence-electron chi connectivity index (χ0n) is 12.5. The molecule has 122 valence electrons. The monoisotopic (exact) mass is 321 g/mol. The van der Waals surface area contributed by atoms with Crippen LogP contribution in [0.2, 0.25) is 0 Å². The standard InChI is InChI=1S/C16H17F2N3O2/c17-11-7-10-13(8-12(11)18)19-16(20-14(10)22)3-5-21(6-4-16)15(23)9-1-2-9/h7-9,19H,1-6H2,(H,20,22). The largest absolute Gasteiger partial charge is 0.362 e. The number of carbonyl (C=O) groups is 2. The third-order valence-electron chi connectivity index (χ3n) is 4.89. The summed E-state index contributed by atoms with van der Waals surface area (Å²) in [7, 11) is 0. The van der Waals surface area contributed by atoms with Crippen molar-refractivity contribution in [3.05, 3.63) is 29.3 Å². The lowest BCUT2D eigenvalue weighted by Crippen LogP contribution is -2.62. The van der Waals surface area contributed by atoms with Crippen LogP contribution in [0.5, 0.6) is 0 Å². The maximum Gasteiger partial charge on any atom is 0.255 e. The van der Waals surface area contributed by atoms with Gasteiger partial charge in [-0.25, -0.2) is 8.78 Å². The van der Waals surface area contributed by atoms with Crippen LogP contribution in [0.1, 0.15) is 36.0 Å². The quantitative estimate of drug-likeness (QED) is 0.830. The number of nitrogens with zero attached hydrogens (tertiary/aromatic N) is 1. The van der Waals surface area contributed by atoms with Gasteiger partial charge < -0.3 is 15.5 Å².